The third-order valence-electron chi connectivity index (χ3n) is 3.63. The van der Waals surface area contributed by atoms with Crippen molar-refractivity contribution in [2.45, 2.75) is 38.3 Å². The van der Waals surface area contributed by atoms with E-state index in [0.29, 0.717) is 24.1 Å². The standard InChI is InChI=1S/C16H21N3O4/c1-3-23-14(21)10(2)18-13(20)11-4-6-12(7-5-11)19-15(22)16(17)8-9-16/h4-7,10H,3,8-9,17H2,1-2H3,(H,18,20)(H,19,22). The van der Waals surface area contributed by atoms with Crippen LogP contribution in [0.25, 0.3) is 0 Å². The molecule has 7 heteroatoms. The van der Waals surface area contributed by atoms with Gasteiger partial charge in [0.25, 0.3) is 5.91 Å². The van der Waals surface area contributed by atoms with E-state index in [0.717, 1.165) is 0 Å². The molecule has 0 bridgehead atoms. The Morgan fingerprint density at radius 3 is 2.39 bits per heavy atom. The van der Waals surface area contributed by atoms with Gasteiger partial charge in [-0.15, -0.1) is 0 Å². The summed E-state index contributed by atoms with van der Waals surface area (Å²) < 4.78 is 4.83. The highest BCUT2D eigenvalue weighted by Gasteiger charge is 2.45. The molecule has 4 N–H and O–H groups in total. The molecule has 1 unspecified atom stereocenters. The molecule has 0 aromatic heterocycles. The number of nitrogens with two attached hydrogens (primary N) is 1. The SMILES string of the molecule is CCOC(=O)C(C)NC(=O)c1ccc(NC(=O)C2(N)CC2)cc1. The molecule has 1 atom stereocenters. The molecule has 1 fully saturated rings. The van der Waals surface area contributed by atoms with E-state index in [2.05, 4.69) is 10.6 Å². The van der Waals surface area contributed by atoms with Crippen molar-refractivity contribution in [2.75, 3.05) is 11.9 Å². The molecule has 2 amide bonds. The zero-order valence-corrected chi connectivity index (χ0v) is 13.2. The maximum atomic E-state index is 12.0. The average molecular weight is 319 g/mol. The molecule has 2 rings (SSSR count). The Balaban J connectivity index is 1.92. The van der Waals surface area contributed by atoms with E-state index in [1.165, 1.54) is 0 Å². The van der Waals surface area contributed by atoms with Crippen LogP contribution in [0.2, 0.25) is 0 Å². The van der Waals surface area contributed by atoms with Gasteiger partial charge in [-0.05, 0) is 51.0 Å². The van der Waals surface area contributed by atoms with Crippen LogP contribution in [-0.4, -0.2) is 36.0 Å². The summed E-state index contributed by atoms with van der Waals surface area (Å²) in [4.78, 5) is 35.4. The zero-order valence-electron chi connectivity index (χ0n) is 13.2. The van der Waals surface area contributed by atoms with Crippen LogP contribution in [0, 0.1) is 0 Å². The molecule has 0 aliphatic heterocycles. The molecule has 0 saturated heterocycles. The summed E-state index contributed by atoms with van der Waals surface area (Å²) in [5.74, 6) is -1.09. The molecule has 0 heterocycles. The molecular formula is C16H21N3O4. The summed E-state index contributed by atoms with van der Waals surface area (Å²) in [5, 5.41) is 5.27. The highest BCUT2D eigenvalue weighted by molar-refractivity contribution is 6.01. The smallest absolute Gasteiger partial charge is 0.328 e. The second-order valence-corrected chi connectivity index (χ2v) is 5.63. The third-order valence-corrected chi connectivity index (χ3v) is 3.63. The summed E-state index contributed by atoms with van der Waals surface area (Å²) in [7, 11) is 0. The molecule has 1 aromatic rings. The Labute approximate surface area is 134 Å². The number of esters is 1. The number of ether oxygens (including phenoxy) is 1. The van der Waals surface area contributed by atoms with Gasteiger partial charge < -0.3 is 21.1 Å². The topological polar surface area (TPSA) is 111 Å². The first-order valence-electron chi connectivity index (χ1n) is 7.53. The quantitative estimate of drug-likeness (QED) is 0.672. The van der Waals surface area contributed by atoms with Crippen molar-refractivity contribution in [3.05, 3.63) is 29.8 Å². The predicted molar refractivity (Wildman–Crippen MR) is 84.8 cm³/mol. The highest BCUT2D eigenvalue weighted by Crippen LogP contribution is 2.33. The van der Waals surface area contributed by atoms with Gasteiger partial charge in [0.1, 0.15) is 6.04 Å². The number of carbonyl (C=O) groups is 3. The van der Waals surface area contributed by atoms with Crippen LogP contribution in [0.1, 0.15) is 37.0 Å². The lowest BCUT2D eigenvalue weighted by atomic mass is 10.1. The first kappa shape index (κ1) is 17.0. The minimum atomic E-state index is -0.745. The van der Waals surface area contributed by atoms with Gasteiger partial charge in [-0.25, -0.2) is 4.79 Å². The van der Waals surface area contributed by atoms with Crippen LogP contribution < -0.4 is 16.4 Å². The van der Waals surface area contributed by atoms with Gasteiger partial charge in [0, 0.05) is 11.3 Å². The summed E-state index contributed by atoms with van der Waals surface area (Å²) >= 11 is 0. The van der Waals surface area contributed by atoms with E-state index in [1.807, 2.05) is 0 Å². The van der Waals surface area contributed by atoms with Crippen LogP contribution >= 0.6 is 0 Å². The lowest BCUT2D eigenvalue weighted by Crippen LogP contribution is -2.39. The van der Waals surface area contributed by atoms with E-state index < -0.39 is 17.6 Å². The number of anilines is 1. The van der Waals surface area contributed by atoms with Crippen molar-refractivity contribution in [3.63, 3.8) is 0 Å². The van der Waals surface area contributed by atoms with E-state index in [9.17, 15) is 14.4 Å². The largest absolute Gasteiger partial charge is 0.464 e. The Morgan fingerprint density at radius 2 is 1.87 bits per heavy atom. The minimum Gasteiger partial charge on any atom is -0.464 e. The van der Waals surface area contributed by atoms with Crippen LogP contribution in [-0.2, 0) is 14.3 Å². The van der Waals surface area contributed by atoms with Crippen molar-refractivity contribution in [3.8, 4) is 0 Å². The number of benzene rings is 1. The molecule has 1 aliphatic rings. The Kier molecular flexibility index (Phi) is 5.00. The Morgan fingerprint density at radius 1 is 1.26 bits per heavy atom. The summed E-state index contributed by atoms with van der Waals surface area (Å²) in [5.41, 5.74) is 6.01. The second-order valence-electron chi connectivity index (χ2n) is 5.63. The van der Waals surface area contributed by atoms with Gasteiger partial charge in [-0.2, -0.15) is 0 Å². The van der Waals surface area contributed by atoms with E-state index in [4.69, 9.17) is 10.5 Å². The fraction of sp³-hybridized carbons (Fsp3) is 0.438. The number of hydrogen-bond donors (Lipinski definition) is 3. The number of amides is 2. The van der Waals surface area contributed by atoms with Gasteiger partial charge in [0.15, 0.2) is 0 Å². The zero-order chi connectivity index (χ0) is 17.0. The molecule has 1 aromatic carbocycles. The summed E-state index contributed by atoms with van der Waals surface area (Å²) in [6, 6.07) is 5.65. The average Bonchev–Trinajstić information content (AvgIpc) is 3.27. The normalized spacial score (nSPS) is 16.1. The van der Waals surface area contributed by atoms with Gasteiger partial charge >= 0.3 is 5.97 Å². The number of carbonyl (C=O) groups excluding carboxylic acids is 3. The number of rotatable bonds is 6. The minimum absolute atomic E-state index is 0.217. The molecule has 1 saturated carbocycles. The summed E-state index contributed by atoms with van der Waals surface area (Å²) in [6.45, 7) is 3.52. The van der Waals surface area contributed by atoms with Crippen molar-refractivity contribution in [2.24, 2.45) is 5.73 Å². The van der Waals surface area contributed by atoms with Crippen molar-refractivity contribution >= 4 is 23.5 Å². The second kappa shape index (κ2) is 6.78. The predicted octanol–water partition coefficient (Wildman–Crippen LogP) is 0.798. The molecule has 1 aliphatic carbocycles. The highest BCUT2D eigenvalue weighted by atomic mass is 16.5. The van der Waals surface area contributed by atoms with Crippen LogP contribution in [0.5, 0.6) is 0 Å². The molecular weight excluding hydrogens is 298 g/mol. The fourth-order valence-corrected chi connectivity index (χ4v) is 1.93. The Hall–Kier alpha value is -2.41. The van der Waals surface area contributed by atoms with Crippen molar-refractivity contribution < 1.29 is 19.1 Å². The van der Waals surface area contributed by atoms with Crippen molar-refractivity contribution in [1.29, 1.82) is 0 Å². The first-order valence-corrected chi connectivity index (χ1v) is 7.53. The first-order chi connectivity index (χ1) is 10.9. The fourth-order valence-electron chi connectivity index (χ4n) is 1.93. The molecule has 0 spiro atoms. The lowest BCUT2D eigenvalue weighted by Gasteiger charge is -2.13. The number of nitrogens with one attached hydrogen (secondary N) is 2. The monoisotopic (exact) mass is 319 g/mol. The molecule has 124 valence electrons. The van der Waals surface area contributed by atoms with Gasteiger partial charge in [0.2, 0.25) is 5.91 Å². The lowest BCUT2D eigenvalue weighted by molar-refractivity contribution is -0.144. The van der Waals surface area contributed by atoms with Gasteiger partial charge in [0.05, 0.1) is 12.1 Å². The molecule has 7 nitrogen and oxygen atoms in total. The number of hydrogen-bond acceptors (Lipinski definition) is 5. The molecule has 0 radical (unpaired) electrons. The molecule has 23 heavy (non-hydrogen) atoms. The van der Waals surface area contributed by atoms with Crippen LogP contribution in [0.4, 0.5) is 5.69 Å². The summed E-state index contributed by atoms with van der Waals surface area (Å²) in [6.07, 6.45) is 1.37. The Bertz CT molecular complexity index is 608. The third kappa shape index (κ3) is 4.29. The van der Waals surface area contributed by atoms with Crippen LogP contribution in [0.15, 0.2) is 24.3 Å². The van der Waals surface area contributed by atoms with E-state index >= 15 is 0 Å². The van der Waals surface area contributed by atoms with Gasteiger partial charge in [-0.1, -0.05) is 0 Å². The maximum absolute atomic E-state index is 12.0. The van der Waals surface area contributed by atoms with E-state index in [-0.39, 0.29) is 18.4 Å². The van der Waals surface area contributed by atoms with Crippen molar-refractivity contribution in [1.82, 2.24) is 5.32 Å². The maximum Gasteiger partial charge on any atom is 0.328 e. The van der Waals surface area contributed by atoms with Crippen LogP contribution in [0.3, 0.4) is 0 Å². The van der Waals surface area contributed by atoms with E-state index in [1.54, 1.807) is 38.1 Å². The van der Waals surface area contributed by atoms with Gasteiger partial charge in [-0.3, -0.25) is 9.59 Å².